The average molecular weight is 727 g/mol. The average Bonchev–Trinajstić information content (AvgIpc) is 3.61. The molecule has 0 atom stereocenters. The molecule has 0 saturated heterocycles. The van der Waals surface area contributed by atoms with Crippen LogP contribution in [0.4, 0.5) is 0 Å². The SMILES string of the molecule is N#Cc1cccc2c1-c1ccc(-c3ccc(-c4nc(-c5ccccc5)nc(-c5ccc(-c6ccccc6)cc5)n4)cc3)cc1C2(c1ccccc1)c1ccccc1. The lowest BCUT2D eigenvalue weighted by atomic mass is 9.67. The first kappa shape index (κ1) is 33.8. The van der Waals surface area contributed by atoms with Gasteiger partial charge in [-0.2, -0.15) is 5.26 Å². The van der Waals surface area contributed by atoms with Crippen LogP contribution in [0.2, 0.25) is 0 Å². The van der Waals surface area contributed by atoms with Crippen LogP contribution in [0.5, 0.6) is 0 Å². The number of rotatable bonds is 7. The Bertz CT molecular complexity index is 2880. The Morgan fingerprint density at radius 1 is 0.351 bits per heavy atom. The second-order valence-electron chi connectivity index (χ2n) is 14.3. The molecular formula is C53H34N4. The maximum absolute atomic E-state index is 10.3. The third-order valence-corrected chi connectivity index (χ3v) is 11.1. The van der Waals surface area contributed by atoms with E-state index in [0.717, 1.165) is 72.3 Å². The fraction of sp³-hybridized carbons (Fsp3) is 0.0189. The molecule has 0 unspecified atom stereocenters. The topological polar surface area (TPSA) is 62.5 Å². The lowest BCUT2D eigenvalue weighted by molar-refractivity contribution is 0.768. The van der Waals surface area contributed by atoms with Crippen LogP contribution in [-0.4, -0.2) is 15.0 Å². The summed E-state index contributed by atoms with van der Waals surface area (Å²) < 4.78 is 0. The van der Waals surface area contributed by atoms with E-state index in [1.165, 1.54) is 0 Å². The van der Waals surface area contributed by atoms with Gasteiger partial charge < -0.3 is 0 Å². The summed E-state index contributed by atoms with van der Waals surface area (Å²) in [4.78, 5) is 15.0. The summed E-state index contributed by atoms with van der Waals surface area (Å²) in [6, 6.07) is 73.9. The second kappa shape index (κ2) is 14.2. The molecule has 0 saturated carbocycles. The third kappa shape index (κ3) is 5.82. The van der Waals surface area contributed by atoms with Gasteiger partial charge in [-0.3, -0.25) is 0 Å². The zero-order chi connectivity index (χ0) is 38.2. The molecule has 0 spiro atoms. The molecule has 0 bridgehead atoms. The van der Waals surface area contributed by atoms with E-state index in [0.29, 0.717) is 23.0 Å². The first-order chi connectivity index (χ1) is 28.2. The van der Waals surface area contributed by atoms with E-state index in [9.17, 15) is 5.26 Å². The smallest absolute Gasteiger partial charge is 0.164 e. The Kier molecular flexibility index (Phi) is 8.39. The van der Waals surface area contributed by atoms with Crippen LogP contribution in [0.15, 0.2) is 206 Å². The van der Waals surface area contributed by atoms with Crippen molar-refractivity contribution in [3.05, 3.63) is 234 Å². The molecule has 4 nitrogen and oxygen atoms in total. The zero-order valence-corrected chi connectivity index (χ0v) is 30.9. The molecular weight excluding hydrogens is 693 g/mol. The first-order valence-electron chi connectivity index (χ1n) is 19.1. The summed E-state index contributed by atoms with van der Waals surface area (Å²) in [5.41, 5.74) is 14.0. The van der Waals surface area contributed by atoms with E-state index in [1.807, 2.05) is 48.5 Å². The van der Waals surface area contributed by atoms with Crippen LogP contribution in [0.1, 0.15) is 27.8 Å². The van der Waals surface area contributed by atoms with Crippen LogP contribution in [0.25, 0.3) is 67.5 Å². The fourth-order valence-electron chi connectivity index (χ4n) is 8.41. The Morgan fingerprint density at radius 3 is 1.26 bits per heavy atom. The molecule has 9 aromatic rings. The number of hydrogen-bond donors (Lipinski definition) is 0. The second-order valence-corrected chi connectivity index (χ2v) is 14.3. The van der Waals surface area contributed by atoms with Crippen molar-refractivity contribution in [1.82, 2.24) is 15.0 Å². The number of nitriles is 1. The molecule has 4 heteroatoms. The van der Waals surface area contributed by atoms with Gasteiger partial charge in [-0.05, 0) is 62.2 Å². The first-order valence-corrected chi connectivity index (χ1v) is 19.1. The van der Waals surface area contributed by atoms with Crippen molar-refractivity contribution < 1.29 is 0 Å². The minimum atomic E-state index is -0.607. The van der Waals surface area contributed by atoms with Gasteiger partial charge in [-0.1, -0.05) is 194 Å². The van der Waals surface area contributed by atoms with E-state index in [4.69, 9.17) is 15.0 Å². The highest BCUT2D eigenvalue weighted by atomic mass is 15.0. The van der Waals surface area contributed by atoms with E-state index in [2.05, 4.69) is 164 Å². The number of fused-ring (bicyclic) bond motifs is 3. The molecule has 1 aliphatic carbocycles. The van der Waals surface area contributed by atoms with Crippen LogP contribution >= 0.6 is 0 Å². The van der Waals surface area contributed by atoms with E-state index in [1.54, 1.807) is 0 Å². The summed E-state index contributed by atoms with van der Waals surface area (Å²) in [7, 11) is 0. The molecule has 0 radical (unpaired) electrons. The van der Waals surface area contributed by atoms with Crippen molar-refractivity contribution in [2.45, 2.75) is 5.41 Å². The number of aromatic nitrogens is 3. The van der Waals surface area contributed by atoms with Gasteiger partial charge in [0.05, 0.1) is 17.0 Å². The number of hydrogen-bond acceptors (Lipinski definition) is 4. The Hall–Kier alpha value is -7.74. The number of benzene rings is 8. The van der Waals surface area contributed by atoms with Crippen molar-refractivity contribution in [3.63, 3.8) is 0 Å². The predicted octanol–water partition coefficient (Wildman–Crippen LogP) is 12.4. The van der Waals surface area contributed by atoms with Crippen molar-refractivity contribution in [2.75, 3.05) is 0 Å². The molecule has 1 aromatic heterocycles. The van der Waals surface area contributed by atoms with Crippen molar-refractivity contribution in [2.24, 2.45) is 0 Å². The van der Waals surface area contributed by atoms with Crippen LogP contribution in [-0.2, 0) is 5.41 Å². The van der Waals surface area contributed by atoms with E-state index >= 15 is 0 Å². The molecule has 57 heavy (non-hydrogen) atoms. The van der Waals surface area contributed by atoms with Crippen molar-refractivity contribution >= 4 is 0 Å². The van der Waals surface area contributed by atoms with Gasteiger partial charge in [0.25, 0.3) is 0 Å². The maximum Gasteiger partial charge on any atom is 0.164 e. The largest absolute Gasteiger partial charge is 0.208 e. The minimum absolute atomic E-state index is 0.607. The summed E-state index contributed by atoms with van der Waals surface area (Å²) in [6.07, 6.45) is 0. The van der Waals surface area contributed by atoms with E-state index in [-0.39, 0.29) is 0 Å². The monoisotopic (exact) mass is 726 g/mol. The number of nitrogens with zero attached hydrogens (tertiary/aromatic N) is 4. The highest BCUT2D eigenvalue weighted by molar-refractivity contribution is 5.91. The van der Waals surface area contributed by atoms with Crippen molar-refractivity contribution in [3.8, 4) is 73.6 Å². The van der Waals surface area contributed by atoms with Gasteiger partial charge in [0.15, 0.2) is 17.5 Å². The molecule has 0 fully saturated rings. The highest BCUT2D eigenvalue weighted by Crippen LogP contribution is 2.57. The zero-order valence-electron chi connectivity index (χ0n) is 30.9. The quantitative estimate of drug-likeness (QED) is 0.164. The predicted molar refractivity (Wildman–Crippen MR) is 229 cm³/mol. The summed E-state index contributed by atoms with van der Waals surface area (Å²) in [5, 5.41) is 10.3. The highest BCUT2D eigenvalue weighted by Gasteiger charge is 2.47. The molecule has 10 rings (SSSR count). The molecule has 0 aliphatic heterocycles. The van der Waals surface area contributed by atoms with Gasteiger partial charge >= 0.3 is 0 Å². The minimum Gasteiger partial charge on any atom is -0.208 e. The Labute approximate surface area is 332 Å². The van der Waals surface area contributed by atoms with Crippen LogP contribution < -0.4 is 0 Å². The summed E-state index contributed by atoms with van der Waals surface area (Å²) in [5.74, 6) is 1.86. The molecule has 0 amide bonds. The summed E-state index contributed by atoms with van der Waals surface area (Å²) >= 11 is 0. The van der Waals surface area contributed by atoms with Crippen molar-refractivity contribution in [1.29, 1.82) is 5.26 Å². The molecule has 8 aromatic carbocycles. The van der Waals surface area contributed by atoms with Gasteiger partial charge in [-0.25, -0.2) is 15.0 Å². The summed E-state index contributed by atoms with van der Waals surface area (Å²) in [6.45, 7) is 0. The molecule has 0 N–H and O–H groups in total. The van der Waals surface area contributed by atoms with Gasteiger partial charge in [0.2, 0.25) is 0 Å². The van der Waals surface area contributed by atoms with Gasteiger partial charge in [-0.15, -0.1) is 0 Å². The molecule has 1 heterocycles. The Balaban J connectivity index is 1.08. The normalized spacial score (nSPS) is 12.3. The lowest BCUT2D eigenvalue weighted by Gasteiger charge is -2.34. The van der Waals surface area contributed by atoms with Gasteiger partial charge in [0, 0.05) is 22.3 Å². The standard InChI is InChI=1S/C53H34N4/c54-35-43-18-13-23-47-49(43)46-33-32-42(34-48(46)53(47,44-19-9-3-10-20-44)45-21-11-4-12-22-45)38-26-30-41(31-27-38)52-56-50(39-16-7-2-8-17-39)55-51(57-52)40-28-24-37(25-29-40)36-14-5-1-6-15-36/h1-34H. The van der Waals surface area contributed by atoms with Crippen LogP contribution in [0.3, 0.4) is 0 Å². The fourth-order valence-corrected chi connectivity index (χ4v) is 8.41. The van der Waals surface area contributed by atoms with E-state index < -0.39 is 5.41 Å². The van der Waals surface area contributed by atoms with Crippen LogP contribution in [0, 0.1) is 11.3 Å². The molecule has 266 valence electrons. The Morgan fingerprint density at radius 2 is 0.754 bits per heavy atom. The third-order valence-electron chi connectivity index (χ3n) is 11.1. The van der Waals surface area contributed by atoms with Gasteiger partial charge in [0.1, 0.15) is 0 Å². The molecule has 1 aliphatic rings. The maximum atomic E-state index is 10.3. The lowest BCUT2D eigenvalue weighted by Crippen LogP contribution is -2.28.